The summed E-state index contributed by atoms with van der Waals surface area (Å²) >= 11 is 3.41. The van der Waals surface area contributed by atoms with Gasteiger partial charge in [-0.2, -0.15) is 0 Å². The average molecular weight is 332 g/mol. The molecule has 3 unspecified atom stereocenters. The van der Waals surface area contributed by atoms with Crippen LogP contribution in [0.4, 0.5) is 0 Å². The fourth-order valence-electron chi connectivity index (χ4n) is 1.97. The number of carbonyl (C=O) groups excluding carboxylic acids is 1. The highest BCUT2D eigenvalue weighted by Crippen LogP contribution is 2.22. The Hall–Kier alpha value is -0.720. The number of ether oxygens (including phenoxy) is 1. The number of methoxy groups -OCH3 is 1. The predicted octanol–water partition coefficient (Wildman–Crippen LogP) is 1.38. The van der Waals surface area contributed by atoms with Crippen LogP contribution in [0.3, 0.4) is 0 Å². The maximum absolute atomic E-state index is 11.8. The lowest BCUT2D eigenvalue weighted by atomic mass is 10.1. The molecule has 1 aliphatic rings. The third-order valence-corrected chi connectivity index (χ3v) is 4.75. The zero-order valence-electron chi connectivity index (χ0n) is 9.89. The number of nitrogens with one attached hydrogen (secondary N) is 1. The maximum atomic E-state index is 11.8. The lowest BCUT2D eigenvalue weighted by molar-refractivity contribution is -0.142. The van der Waals surface area contributed by atoms with Crippen molar-refractivity contribution in [1.82, 2.24) is 5.32 Å². The van der Waals surface area contributed by atoms with Crippen LogP contribution in [0.1, 0.15) is 11.6 Å². The van der Waals surface area contributed by atoms with Gasteiger partial charge in [0, 0.05) is 32.8 Å². The maximum Gasteiger partial charge on any atom is 0.323 e. The molecule has 1 saturated heterocycles. The number of hydrogen-bond donors (Lipinski definition) is 1. The number of halogens is 1. The van der Waals surface area contributed by atoms with Crippen molar-refractivity contribution in [3.63, 3.8) is 0 Å². The number of esters is 1. The number of hydrogen-bond acceptors (Lipinski definition) is 4. The van der Waals surface area contributed by atoms with Crippen molar-refractivity contribution in [2.24, 2.45) is 0 Å². The van der Waals surface area contributed by atoms with E-state index in [2.05, 4.69) is 21.2 Å². The first-order chi connectivity index (χ1) is 8.60. The number of benzene rings is 1. The van der Waals surface area contributed by atoms with Crippen LogP contribution in [0.5, 0.6) is 0 Å². The van der Waals surface area contributed by atoms with E-state index in [4.69, 9.17) is 4.74 Å². The van der Waals surface area contributed by atoms with Crippen LogP contribution in [0.2, 0.25) is 0 Å². The van der Waals surface area contributed by atoms with Crippen molar-refractivity contribution in [2.75, 3.05) is 18.6 Å². The first kappa shape index (κ1) is 13.7. The first-order valence-electron chi connectivity index (χ1n) is 5.54. The Balaban J connectivity index is 2.18. The summed E-state index contributed by atoms with van der Waals surface area (Å²) in [5, 5.41) is 3.19. The van der Waals surface area contributed by atoms with Gasteiger partial charge in [0.05, 0.1) is 7.11 Å². The van der Waals surface area contributed by atoms with Gasteiger partial charge in [-0.15, -0.1) is 0 Å². The van der Waals surface area contributed by atoms with Crippen molar-refractivity contribution in [1.29, 1.82) is 0 Å². The largest absolute Gasteiger partial charge is 0.468 e. The van der Waals surface area contributed by atoms with Gasteiger partial charge >= 0.3 is 5.97 Å². The van der Waals surface area contributed by atoms with Crippen LogP contribution in [0, 0.1) is 0 Å². The minimum absolute atomic E-state index is 0.0822. The molecule has 1 heterocycles. The molecule has 1 aromatic rings. The van der Waals surface area contributed by atoms with Crippen molar-refractivity contribution in [2.45, 2.75) is 12.1 Å². The predicted molar refractivity (Wildman–Crippen MR) is 73.7 cm³/mol. The van der Waals surface area contributed by atoms with Gasteiger partial charge in [0.2, 0.25) is 0 Å². The third kappa shape index (κ3) is 3.18. The second-order valence-corrected chi connectivity index (χ2v) is 6.59. The highest BCUT2D eigenvalue weighted by molar-refractivity contribution is 9.10. The molecule has 4 nitrogen and oxygen atoms in total. The zero-order chi connectivity index (χ0) is 13.1. The molecule has 98 valence electrons. The molecular weight excluding hydrogens is 318 g/mol. The summed E-state index contributed by atoms with van der Waals surface area (Å²) in [5.74, 6) is 0.476. The zero-order valence-corrected chi connectivity index (χ0v) is 12.3. The Bertz CT molecular complexity index is 480. The first-order valence-corrected chi connectivity index (χ1v) is 7.82. The van der Waals surface area contributed by atoms with Crippen LogP contribution in [-0.2, 0) is 20.3 Å². The Kier molecular flexibility index (Phi) is 4.53. The fraction of sp³-hybridized carbons (Fsp3) is 0.417. The number of carbonyl (C=O) groups is 1. The summed E-state index contributed by atoms with van der Waals surface area (Å²) in [7, 11) is 0.335. The van der Waals surface area contributed by atoms with E-state index in [9.17, 15) is 9.00 Å². The molecule has 0 spiro atoms. The SMILES string of the molecule is COC(=O)C1CS(=O)CC(c2cccc(Br)c2)N1. The Morgan fingerprint density at radius 2 is 2.28 bits per heavy atom. The molecule has 1 N–H and O–H groups in total. The van der Waals surface area contributed by atoms with Crippen LogP contribution in [0.25, 0.3) is 0 Å². The second-order valence-electron chi connectivity index (χ2n) is 4.12. The Morgan fingerprint density at radius 1 is 1.50 bits per heavy atom. The van der Waals surface area contributed by atoms with Gasteiger partial charge in [-0.25, -0.2) is 0 Å². The molecule has 18 heavy (non-hydrogen) atoms. The minimum Gasteiger partial charge on any atom is -0.468 e. The summed E-state index contributed by atoms with van der Waals surface area (Å²) in [6.07, 6.45) is 0. The van der Waals surface area contributed by atoms with Crippen molar-refractivity contribution in [3.8, 4) is 0 Å². The summed E-state index contributed by atoms with van der Waals surface area (Å²) in [6, 6.07) is 7.20. The molecule has 0 amide bonds. The molecule has 6 heteroatoms. The third-order valence-electron chi connectivity index (χ3n) is 2.84. The monoisotopic (exact) mass is 331 g/mol. The average Bonchev–Trinajstić information content (AvgIpc) is 2.37. The highest BCUT2D eigenvalue weighted by atomic mass is 79.9. The van der Waals surface area contributed by atoms with E-state index in [1.807, 2.05) is 24.3 Å². The Labute approximate surface area is 117 Å². The smallest absolute Gasteiger partial charge is 0.323 e. The van der Waals surface area contributed by atoms with E-state index in [-0.39, 0.29) is 12.0 Å². The summed E-state index contributed by atoms with van der Waals surface area (Å²) in [5.41, 5.74) is 1.02. The van der Waals surface area contributed by atoms with Crippen LogP contribution >= 0.6 is 15.9 Å². The fourth-order valence-corrected chi connectivity index (χ4v) is 3.79. The van der Waals surface area contributed by atoms with Gasteiger partial charge in [-0.05, 0) is 17.7 Å². The normalized spacial score (nSPS) is 27.8. The quantitative estimate of drug-likeness (QED) is 0.832. The van der Waals surface area contributed by atoms with Crippen LogP contribution in [0.15, 0.2) is 28.7 Å². The lowest BCUT2D eigenvalue weighted by Crippen LogP contribution is -2.49. The highest BCUT2D eigenvalue weighted by Gasteiger charge is 2.31. The molecule has 3 atom stereocenters. The van der Waals surface area contributed by atoms with Crippen molar-refractivity contribution >= 4 is 32.7 Å². The van der Waals surface area contributed by atoms with E-state index in [1.165, 1.54) is 7.11 Å². The van der Waals surface area contributed by atoms with Crippen molar-refractivity contribution < 1.29 is 13.7 Å². The van der Waals surface area contributed by atoms with E-state index in [1.54, 1.807) is 0 Å². The van der Waals surface area contributed by atoms with E-state index in [0.29, 0.717) is 11.5 Å². The van der Waals surface area contributed by atoms with Gasteiger partial charge in [0.25, 0.3) is 0 Å². The van der Waals surface area contributed by atoms with Gasteiger partial charge in [-0.3, -0.25) is 14.3 Å². The molecule has 0 radical (unpaired) electrons. The van der Waals surface area contributed by atoms with Gasteiger partial charge in [0.1, 0.15) is 6.04 Å². The standard InChI is InChI=1S/C12H14BrNO3S/c1-17-12(15)11-7-18(16)6-10(14-11)8-3-2-4-9(13)5-8/h2-5,10-11,14H,6-7H2,1H3. The molecule has 1 aromatic carbocycles. The van der Waals surface area contributed by atoms with Gasteiger partial charge in [0.15, 0.2) is 0 Å². The molecule has 0 saturated carbocycles. The molecule has 0 aliphatic carbocycles. The molecule has 1 fully saturated rings. The summed E-state index contributed by atoms with van der Waals surface area (Å²) < 4.78 is 17.5. The minimum atomic E-state index is -1.01. The van der Waals surface area contributed by atoms with Gasteiger partial charge < -0.3 is 4.74 Å². The van der Waals surface area contributed by atoms with Crippen LogP contribution in [-0.4, -0.2) is 34.8 Å². The van der Waals surface area contributed by atoms with Gasteiger partial charge in [-0.1, -0.05) is 28.1 Å². The molecular formula is C12H14BrNO3S. The number of rotatable bonds is 2. The summed E-state index contributed by atoms with van der Waals surface area (Å²) in [4.78, 5) is 11.5. The molecule has 1 aliphatic heterocycles. The lowest BCUT2D eigenvalue weighted by Gasteiger charge is -2.29. The van der Waals surface area contributed by atoms with E-state index < -0.39 is 16.8 Å². The molecule has 2 rings (SSSR count). The van der Waals surface area contributed by atoms with Crippen LogP contribution < -0.4 is 5.32 Å². The molecule has 0 aromatic heterocycles. The van der Waals surface area contributed by atoms with E-state index >= 15 is 0 Å². The van der Waals surface area contributed by atoms with Crippen molar-refractivity contribution in [3.05, 3.63) is 34.3 Å². The summed E-state index contributed by atoms with van der Waals surface area (Å²) in [6.45, 7) is 0. The topological polar surface area (TPSA) is 55.4 Å². The second kappa shape index (κ2) is 5.95. The van der Waals surface area contributed by atoms with E-state index in [0.717, 1.165) is 10.0 Å². The Morgan fingerprint density at radius 3 is 2.94 bits per heavy atom. The molecule has 0 bridgehead atoms.